The summed E-state index contributed by atoms with van der Waals surface area (Å²) in [6.45, 7) is 38.9. The normalized spacial score (nSPS) is 25.0. The van der Waals surface area contributed by atoms with Crippen molar-refractivity contribution in [1.29, 1.82) is 0 Å². The lowest BCUT2D eigenvalue weighted by Gasteiger charge is -2.49. The number of esters is 4. The fourth-order valence-corrected chi connectivity index (χ4v) is 19.9. The van der Waals surface area contributed by atoms with E-state index in [0.29, 0.717) is 0 Å². The molecule has 4 aromatic carbocycles. The number of benzene rings is 4. The van der Waals surface area contributed by atoms with Crippen LogP contribution in [-0.2, 0) is 97.7 Å². The monoisotopic (exact) mass is 1760 g/mol. The smallest absolute Gasteiger partial charge is 0.416 e. The number of methoxy groups -OCH3 is 4. The SMILES string of the molecule is COC(=O)[C@@H]1CC23c4cc(ccc4N(C(=O)OC(C)(C)C)[C@H]2N1C(=O)OC(C)(C)C)C#CC#Cc1ccc2c(c1)C1(C[C@@H](C(=O)OC)N(C(=O)OC(C)(C)C)[C@@H]1N2C(=O)OC(C)(C)C)C12C[C@@H](C(=O)OC)N(C(=O)OC(C)(C)C)[C@@H]1N(C(=O)OC(C)(C)C)c1ccc(cc12)C#CC#Cc1ccc2c(c1)C31C[C@@H](C(=O)OC)N(C(=O)OC(C)(C)C)[C@@H]1N2C(=O)OC(C)(C)C. The van der Waals surface area contributed by atoms with Crippen molar-refractivity contribution in [2.24, 2.45) is 0 Å². The summed E-state index contributed by atoms with van der Waals surface area (Å²) in [6, 6.07) is 12.1. The van der Waals surface area contributed by atoms with Crippen molar-refractivity contribution in [2.45, 2.75) is 307 Å². The minimum atomic E-state index is -2.15. The Kier molecular flexibility index (Phi) is 22.9. The third-order valence-corrected chi connectivity index (χ3v) is 23.4. The van der Waals surface area contributed by atoms with E-state index in [-0.39, 0.29) is 67.3 Å². The predicted octanol–water partition coefficient (Wildman–Crippen LogP) is 14.2. The van der Waals surface area contributed by atoms with Crippen LogP contribution in [0.1, 0.15) is 236 Å². The van der Waals surface area contributed by atoms with Crippen LogP contribution in [0.4, 0.5) is 61.1 Å². The molecule has 0 saturated carbocycles. The highest BCUT2D eigenvalue weighted by Gasteiger charge is 2.84. The first kappa shape index (κ1) is 92.8. The molecule has 680 valence electrons. The molecule has 13 rings (SSSR count). The highest BCUT2D eigenvalue weighted by Crippen LogP contribution is 2.74. The van der Waals surface area contributed by atoms with Crippen LogP contribution in [0, 0.1) is 47.4 Å². The second-order valence-corrected chi connectivity index (χ2v) is 41.2. The molecule has 32 nitrogen and oxygen atoms in total. The summed E-state index contributed by atoms with van der Waals surface area (Å²) in [4.78, 5) is 200. The highest BCUT2D eigenvalue weighted by molar-refractivity contribution is 6.03. The quantitative estimate of drug-likeness (QED) is 0.104. The Bertz CT molecular complexity index is 4970. The van der Waals surface area contributed by atoms with Gasteiger partial charge in [-0.15, -0.1) is 0 Å². The summed E-state index contributed by atoms with van der Waals surface area (Å²) in [5.74, 6) is 20.9. The number of anilines is 4. The lowest BCUT2D eigenvalue weighted by Crippen LogP contribution is -2.66. The second-order valence-electron chi connectivity index (χ2n) is 41.2. The molecule has 8 aliphatic heterocycles. The number of hydrogen-bond donors (Lipinski definition) is 0. The minimum Gasteiger partial charge on any atom is -0.467 e. The van der Waals surface area contributed by atoms with E-state index in [0.717, 1.165) is 48.0 Å². The molecule has 4 unspecified atom stereocenters. The fraction of sp³-hybridized carbons (Fsp3) is 0.542. The first-order valence-corrected chi connectivity index (χ1v) is 42.3. The molecule has 128 heavy (non-hydrogen) atoms. The largest absolute Gasteiger partial charge is 0.467 e. The number of amides is 8. The van der Waals surface area contributed by atoms with Crippen LogP contribution in [0.15, 0.2) is 72.8 Å². The fourth-order valence-electron chi connectivity index (χ4n) is 19.9. The molecule has 12 atom stereocenters. The van der Waals surface area contributed by atoms with Crippen molar-refractivity contribution in [3.05, 3.63) is 117 Å². The van der Waals surface area contributed by atoms with Crippen LogP contribution in [0.25, 0.3) is 0 Å². The van der Waals surface area contributed by atoms with E-state index in [1.165, 1.54) is 19.6 Å². The van der Waals surface area contributed by atoms with Crippen LogP contribution >= 0.6 is 0 Å². The maximum Gasteiger partial charge on any atom is 0.416 e. The summed E-state index contributed by atoms with van der Waals surface area (Å²) >= 11 is 0. The van der Waals surface area contributed by atoms with E-state index in [2.05, 4.69) is 47.4 Å². The van der Waals surface area contributed by atoms with Crippen molar-refractivity contribution in [2.75, 3.05) is 48.0 Å². The van der Waals surface area contributed by atoms with E-state index in [1.807, 2.05) is 0 Å². The lowest BCUT2D eigenvalue weighted by molar-refractivity contribution is -0.146. The number of hydrogen-bond acceptors (Lipinski definition) is 24. The van der Waals surface area contributed by atoms with Gasteiger partial charge in [0.1, 0.15) is 93.6 Å². The van der Waals surface area contributed by atoms with Crippen LogP contribution in [-0.4, -0.2) is 214 Å². The molecular weight excluding hydrogens is 1650 g/mol. The molecule has 1 aliphatic carbocycles. The van der Waals surface area contributed by atoms with E-state index >= 15 is 57.5 Å². The molecule has 4 saturated heterocycles. The van der Waals surface area contributed by atoms with Crippen LogP contribution in [0.5, 0.6) is 0 Å². The Morgan fingerprint density at radius 1 is 0.258 bits per heavy atom. The van der Waals surface area contributed by atoms with Gasteiger partial charge in [0.2, 0.25) is 0 Å². The van der Waals surface area contributed by atoms with Gasteiger partial charge in [-0.25, -0.2) is 57.5 Å². The van der Waals surface area contributed by atoms with Gasteiger partial charge in [-0.05, 0) is 311 Å². The molecule has 8 bridgehead atoms. The molecule has 4 fully saturated rings. The van der Waals surface area contributed by atoms with Crippen LogP contribution < -0.4 is 19.6 Å². The summed E-state index contributed by atoms with van der Waals surface area (Å²) in [6.07, 6.45) is -18.3. The molecule has 0 aromatic heterocycles. The molecule has 4 aromatic rings. The number of nitrogens with zero attached hydrogens (tertiary/aromatic N) is 8. The van der Waals surface area contributed by atoms with Crippen LogP contribution in [0.3, 0.4) is 0 Å². The van der Waals surface area contributed by atoms with E-state index in [4.69, 9.17) is 56.8 Å². The molecule has 8 heterocycles. The molecule has 9 aliphatic rings. The van der Waals surface area contributed by atoms with Gasteiger partial charge in [-0.1, -0.05) is 23.7 Å². The molecule has 0 N–H and O–H groups in total. The molecular formula is C96H112N8O24. The molecule has 0 radical (unpaired) electrons. The Balaban J connectivity index is 1.21. The highest BCUT2D eigenvalue weighted by atomic mass is 16.6. The van der Waals surface area contributed by atoms with E-state index < -0.39 is 214 Å². The topological polar surface area (TPSA) is 342 Å². The summed E-state index contributed by atoms with van der Waals surface area (Å²) in [5.41, 5.74) is -17.6. The van der Waals surface area contributed by atoms with Crippen molar-refractivity contribution in [3.8, 4) is 47.4 Å². The summed E-state index contributed by atoms with van der Waals surface area (Å²) < 4.78 is 73.6. The Labute approximate surface area is 745 Å². The van der Waals surface area contributed by atoms with Gasteiger partial charge in [-0.3, -0.25) is 39.2 Å². The van der Waals surface area contributed by atoms with Gasteiger partial charge in [0, 0.05) is 22.3 Å². The minimum absolute atomic E-state index is 0.0577. The number of rotatable bonds is 4. The van der Waals surface area contributed by atoms with E-state index in [9.17, 15) is 0 Å². The van der Waals surface area contributed by atoms with E-state index in [1.54, 1.807) is 239 Å². The molecule has 4 spiro atoms. The second kappa shape index (κ2) is 31.6. The summed E-state index contributed by atoms with van der Waals surface area (Å²) in [5, 5.41) is 0. The third kappa shape index (κ3) is 15.9. The Morgan fingerprint density at radius 3 is 0.562 bits per heavy atom. The third-order valence-electron chi connectivity index (χ3n) is 23.4. The first-order chi connectivity index (χ1) is 59.2. The summed E-state index contributed by atoms with van der Waals surface area (Å²) in [7, 11) is 4.48. The standard InChI is InChI=1S/C96H112N8O24/c1-85(2,3)121-77(109)97-61-41-37-53-33-29-30-35-55-39-43-63-59(47-55)95(51-67(71(107)119-27)103(83(115)127-91(19,20)21)75(95)99(63)79(111)123-87(7,8)9)96-52-68(72(108)120-28)104(84(116)128-92(22,23)24)76(96)100(80(112)124-88(10,11)12)64-44-40-56(48-60(64)96)36-32-31-34-54-38-42-62-58(46-54)94(93(57(61)45-53)49-65(69(105)117-25)101(73(93)97)81(113)125-89(13,14)15)50-66(70(106)118-26)102(82(114)126-90(16,17)18)74(94)98(62)78(110)122-86(4,5)6/h37-48,65-68,73-76H,49-52H2,1-28H3/t65-,66-,67-,68-,73-,74-,75-,76-,93?,94?,95?,96?/m0/s1. The van der Waals surface area contributed by atoms with Crippen molar-refractivity contribution in [3.63, 3.8) is 0 Å². The Hall–Kier alpha value is -12.8. The van der Waals surface area contributed by atoms with Gasteiger partial charge >= 0.3 is 72.6 Å². The van der Waals surface area contributed by atoms with Gasteiger partial charge in [0.15, 0.2) is 0 Å². The number of fused-ring (bicyclic) bond motifs is 4. The number of likely N-dealkylation sites (tertiary alicyclic amines) is 4. The lowest BCUT2D eigenvalue weighted by atomic mass is 9.54. The average Bonchev–Trinajstić information content (AvgIpc) is 1.47. The van der Waals surface area contributed by atoms with Gasteiger partial charge in [0.05, 0.1) is 72.8 Å². The number of ether oxygens (including phenoxy) is 12. The van der Waals surface area contributed by atoms with Gasteiger partial charge in [0.25, 0.3) is 0 Å². The maximum absolute atomic E-state index is 16.2. The molecule has 32 heteroatoms. The van der Waals surface area contributed by atoms with Gasteiger partial charge < -0.3 is 56.8 Å². The maximum atomic E-state index is 16.2. The Morgan fingerprint density at radius 2 is 0.414 bits per heavy atom. The van der Waals surface area contributed by atoms with Crippen LogP contribution in [0.2, 0.25) is 0 Å². The predicted molar refractivity (Wildman–Crippen MR) is 464 cm³/mol. The van der Waals surface area contributed by atoms with Crippen molar-refractivity contribution in [1.82, 2.24) is 19.6 Å². The number of carbonyl (C=O) groups excluding carboxylic acids is 12. The molecule has 8 amide bonds. The number of carbonyl (C=O) groups is 12. The first-order valence-electron chi connectivity index (χ1n) is 42.3. The zero-order valence-electron chi connectivity index (χ0n) is 77.8. The van der Waals surface area contributed by atoms with Gasteiger partial charge in [-0.2, -0.15) is 0 Å². The zero-order chi connectivity index (χ0) is 94.5. The zero-order valence-corrected chi connectivity index (χ0v) is 77.8. The average molecular weight is 1760 g/mol. The van der Waals surface area contributed by atoms with Crippen molar-refractivity contribution >= 4 is 95.4 Å². The van der Waals surface area contributed by atoms with Crippen molar-refractivity contribution < 1.29 is 114 Å².